The number of aryl methyl sites for hydroxylation is 3. The number of sulfonamides is 1. The van der Waals surface area contributed by atoms with Gasteiger partial charge in [0.25, 0.3) is 5.91 Å². The summed E-state index contributed by atoms with van der Waals surface area (Å²) in [6.07, 6.45) is 0. The van der Waals surface area contributed by atoms with Crippen molar-refractivity contribution in [2.24, 2.45) is 0 Å². The predicted octanol–water partition coefficient (Wildman–Crippen LogP) is 2.44. The second-order valence-electron chi connectivity index (χ2n) is 8.33. The summed E-state index contributed by atoms with van der Waals surface area (Å²) >= 11 is 0. The smallest absolute Gasteiger partial charge is 0.278 e. The van der Waals surface area contributed by atoms with Crippen LogP contribution in [-0.2, 0) is 10.0 Å². The van der Waals surface area contributed by atoms with Gasteiger partial charge in [0.1, 0.15) is 11.5 Å². The summed E-state index contributed by atoms with van der Waals surface area (Å²) in [5, 5.41) is 4.15. The van der Waals surface area contributed by atoms with Crippen LogP contribution >= 0.6 is 0 Å². The summed E-state index contributed by atoms with van der Waals surface area (Å²) < 4.78 is 43.1. The van der Waals surface area contributed by atoms with Gasteiger partial charge in [-0.3, -0.25) is 9.59 Å². The van der Waals surface area contributed by atoms with E-state index >= 15 is 0 Å². The van der Waals surface area contributed by atoms with Crippen LogP contribution in [0.1, 0.15) is 27.3 Å². The number of amides is 1. The summed E-state index contributed by atoms with van der Waals surface area (Å²) in [7, 11) is -3.71. The van der Waals surface area contributed by atoms with Gasteiger partial charge >= 0.3 is 0 Å². The van der Waals surface area contributed by atoms with Crippen LogP contribution in [-0.4, -0.2) is 59.5 Å². The van der Waals surface area contributed by atoms with Crippen LogP contribution in [0.25, 0.3) is 5.69 Å². The number of nitrogens with zero attached hydrogens (tertiary/aromatic N) is 4. The quantitative estimate of drug-likeness (QED) is 0.567. The number of halogens is 1. The minimum Gasteiger partial charge on any atom is -0.334 e. The number of hydrogen-bond acceptors (Lipinski definition) is 5. The third kappa shape index (κ3) is 4.38. The fourth-order valence-corrected chi connectivity index (χ4v) is 5.70. The molecule has 1 saturated heterocycles. The first-order chi connectivity index (χ1) is 16.1. The van der Waals surface area contributed by atoms with Crippen LogP contribution in [0, 0.1) is 26.6 Å². The summed E-state index contributed by atoms with van der Waals surface area (Å²) in [6.45, 7) is 5.65. The van der Waals surface area contributed by atoms with Crippen LogP contribution in [0.3, 0.4) is 0 Å². The van der Waals surface area contributed by atoms with E-state index < -0.39 is 27.2 Å². The Bertz CT molecular complexity index is 1430. The van der Waals surface area contributed by atoms with Crippen LogP contribution < -0.4 is 5.43 Å². The van der Waals surface area contributed by atoms with E-state index in [1.807, 2.05) is 13.0 Å². The number of carbonyl (C=O) groups is 1. The van der Waals surface area contributed by atoms with Gasteiger partial charge in [-0.15, -0.1) is 0 Å². The molecule has 2 heterocycles. The second-order valence-corrected chi connectivity index (χ2v) is 10.2. The third-order valence-electron chi connectivity index (χ3n) is 5.86. The molecule has 0 radical (unpaired) electrons. The van der Waals surface area contributed by atoms with Crippen molar-refractivity contribution >= 4 is 15.9 Å². The molecule has 0 N–H and O–H groups in total. The van der Waals surface area contributed by atoms with Crippen molar-refractivity contribution in [2.75, 3.05) is 26.2 Å². The van der Waals surface area contributed by atoms with Crippen molar-refractivity contribution in [2.45, 2.75) is 25.7 Å². The molecule has 0 unspecified atom stereocenters. The lowest BCUT2D eigenvalue weighted by Gasteiger charge is -2.34. The minimum absolute atomic E-state index is 0.0920. The highest BCUT2D eigenvalue weighted by Crippen LogP contribution is 2.22. The molecule has 0 aliphatic carbocycles. The van der Waals surface area contributed by atoms with Crippen LogP contribution in [0.15, 0.2) is 58.2 Å². The van der Waals surface area contributed by atoms with Crippen molar-refractivity contribution in [3.05, 3.63) is 87.1 Å². The summed E-state index contributed by atoms with van der Waals surface area (Å²) in [4.78, 5) is 27.3. The molecule has 34 heavy (non-hydrogen) atoms. The largest absolute Gasteiger partial charge is 0.334 e. The molecule has 1 aliphatic heterocycles. The Balaban J connectivity index is 1.56. The summed E-state index contributed by atoms with van der Waals surface area (Å²) in [5.74, 6) is -1.15. The van der Waals surface area contributed by atoms with Crippen molar-refractivity contribution in [1.82, 2.24) is 19.0 Å². The lowest BCUT2D eigenvalue weighted by atomic mass is 10.2. The maximum Gasteiger partial charge on any atom is 0.278 e. The molecule has 4 rings (SSSR count). The molecular weight excluding hydrogens is 459 g/mol. The molecule has 1 aliphatic rings. The zero-order chi connectivity index (χ0) is 24.6. The molecular formula is C24H25FN4O4S. The normalized spacial score (nSPS) is 14.9. The number of rotatable bonds is 4. The van der Waals surface area contributed by atoms with Gasteiger partial charge in [0.2, 0.25) is 15.5 Å². The Labute approximate surface area is 197 Å². The minimum atomic E-state index is -3.71. The van der Waals surface area contributed by atoms with E-state index in [2.05, 4.69) is 5.10 Å². The monoisotopic (exact) mass is 484 g/mol. The highest BCUT2D eigenvalue weighted by Gasteiger charge is 2.32. The number of piperazine rings is 1. The summed E-state index contributed by atoms with van der Waals surface area (Å²) in [6, 6.07) is 12.4. The number of carbonyl (C=O) groups excluding carboxylic acids is 1. The zero-order valence-electron chi connectivity index (χ0n) is 19.2. The highest BCUT2D eigenvalue weighted by atomic mass is 32.2. The molecule has 10 heteroatoms. The fraction of sp³-hybridized carbons (Fsp3) is 0.292. The Kier molecular flexibility index (Phi) is 6.37. The second kappa shape index (κ2) is 9.11. The van der Waals surface area contributed by atoms with E-state index in [9.17, 15) is 22.4 Å². The van der Waals surface area contributed by atoms with Gasteiger partial charge < -0.3 is 4.90 Å². The highest BCUT2D eigenvalue weighted by molar-refractivity contribution is 7.89. The first-order valence-electron chi connectivity index (χ1n) is 10.8. The summed E-state index contributed by atoms with van der Waals surface area (Å²) in [5.41, 5.74) is 1.24. The SMILES string of the molecule is Cc1ccc(S(=O)(=O)N2CCN(C(=O)c3nn(-c4ccccc4F)c(C)cc3=O)CC2)c(C)c1. The van der Waals surface area contributed by atoms with Gasteiger partial charge in [-0.1, -0.05) is 29.8 Å². The van der Waals surface area contributed by atoms with Gasteiger partial charge in [0.05, 0.1) is 4.90 Å². The lowest BCUT2D eigenvalue weighted by Crippen LogP contribution is -2.51. The average Bonchev–Trinajstić information content (AvgIpc) is 2.79. The maximum atomic E-state index is 14.3. The fourth-order valence-electron chi connectivity index (χ4n) is 4.07. The predicted molar refractivity (Wildman–Crippen MR) is 125 cm³/mol. The Morgan fingerprint density at radius 1 is 0.971 bits per heavy atom. The molecule has 3 aromatic rings. The lowest BCUT2D eigenvalue weighted by molar-refractivity contribution is 0.0688. The van der Waals surface area contributed by atoms with Gasteiger partial charge in [-0.25, -0.2) is 17.5 Å². The van der Waals surface area contributed by atoms with E-state index in [1.165, 1.54) is 38.2 Å². The number of benzene rings is 2. The standard InChI is InChI=1S/C24H25FN4O4S/c1-16-8-9-22(17(2)14-16)34(32,33)28-12-10-27(11-13-28)24(31)23-21(30)15-18(3)29(26-23)20-7-5-4-6-19(20)25/h4-9,14-15H,10-13H2,1-3H3. The van der Waals surface area contributed by atoms with Crippen molar-refractivity contribution in [3.63, 3.8) is 0 Å². The number of para-hydroxylation sites is 1. The zero-order valence-corrected chi connectivity index (χ0v) is 20.0. The molecule has 0 spiro atoms. The number of aromatic nitrogens is 2. The van der Waals surface area contributed by atoms with E-state index in [1.54, 1.807) is 32.0 Å². The molecule has 1 aromatic heterocycles. The Morgan fingerprint density at radius 3 is 2.29 bits per heavy atom. The molecule has 8 nitrogen and oxygen atoms in total. The van der Waals surface area contributed by atoms with Crippen LogP contribution in [0.5, 0.6) is 0 Å². The molecule has 178 valence electrons. The van der Waals surface area contributed by atoms with Crippen LogP contribution in [0.2, 0.25) is 0 Å². The first kappa shape index (κ1) is 23.8. The Hall–Kier alpha value is -3.37. The van der Waals surface area contributed by atoms with E-state index in [-0.39, 0.29) is 42.5 Å². The van der Waals surface area contributed by atoms with E-state index in [0.717, 1.165) is 5.56 Å². The van der Waals surface area contributed by atoms with Crippen molar-refractivity contribution in [3.8, 4) is 5.69 Å². The van der Waals surface area contributed by atoms with Crippen molar-refractivity contribution < 1.29 is 17.6 Å². The van der Waals surface area contributed by atoms with Crippen molar-refractivity contribution in [1.29, 1.82) is 0 Å². The van der Waals surface area contributed by atoms with E-state index in [4.69, 9.17) is 0 Å². The third-order valence-corrected chi connectivity index (χ3v) is 7.92. The number of hydrogen-bond donors (Lipinski definition) is 0. The average molecular weight is 485 g/mol. The van der Waals surface area contributed by atoms with Gasteiger partial charge in [0.15, 0.2) is 5.69 Å². The van der Waals surface area contributed by atoms with Gasteiger partial charge in [0, 0.05) is 37.9 Å². The molecule has 0 bridgehead atoms. The Morgan fingerprint density at radius 2 is 1.65 bits per heavy atom. The van der Waals surface area contributed by atoms with Crippen LogP contribution in [0.4, 0.5) is 4.39 Å². The molecule has 0 atom stereocenters. The molecule has 1 amide bonds. The molecule has 0 saturated carbocycles. The molecule has 1 fully saturated rings. The molecule has 2 aromatic carbocycles. The van der Waals surface area contributed by atoms with Gasteiger partial charge in [-0.05, 0) is 44.5 Å². The maximum absolute atomic E-state index is 14.3. The van der Waals surface area contributed by atoms with Gasteiger partial charge in [-0.2, -0.15) is 9.40 Å². The topological polar surface area (TPSA) is 92.6 Å². The first-order valence-corrected chi connectivity index (χ1v) is 12.3. The van der Waals surface area contributed by atoms with E-state index in [0.29, 0.717) is 11.3 Å².